The van der Waals surface area contributed by atoms with E-state index in [0.717, 1.165) is 6.42 Å². The van der Waals surface area contributed by atoms with Gasteiger partial charge in [0.2, 0.25) is 5.91 Å². The van der Waals surface area contributed by atoms with Gasteiger partial charge in [0.1, 0.15) is 13.0 Å². The van der Waals surface area contributed by atoms with Gasteiger partial charge < -0.3 is 15.2 Å². The quantitative estimate of drug-likeness (QED) is 0.370. The number of rotatable bonds is 7. The maximum atomic E-state index is 11.3. The summed E-state index contributed by atoms with van der Waals surface area (Å²) in [6.07, 6.45) is 0.0872. The highest BCUT2D eigenvalue weighted by Crippen LogP contribution is 1.98. The molecule has 1 atom stereocenters. The number of nitrogens with one attached hydrogen (secondary N) is 1. The lowest BCUT2D eigenvalue weighted by Gasteiger charge is -2.09. The number of carboxylic acids is 1. The van der Waals surface area contributed by atoms with Crippen molar-refractivity contribution in [1.82, 2.24) is 5.32 Å². The third-order valence-corrected chi connectivity index (χ3v) is 2.02. The molecule has 6 nitrogen and oxygen atoms in total. The highest BCUT2D eigenvalue weighted by atomic mass is 16.5. The Morgan fingerprint density at radius 1 is 1.38 bits per heavy atom. The number of aliphatic carboxylic acids is 1. The predicted molar refractivity (Wildman–Crippen MR) is 55.7 cm³/mol. The van der Waals surface area contributed by atoms with E-state index in [1.165, 1.54) is 0 Å². The monoisotopic (exact) mass is 231 g/mol. The van der Waals surface area contributed by atoms with Gasteiger partial charge in [-0.2, -0.15) is 0 Å². The third-order valence-electron chi connectivity index (χ3n) is 2.02. The van der Waals surface area contributed by atoms with Crippen LogP contribution in [0.5, 0.6) is 0 Å². The Kier molecular flexibility index (Phi) is 6.91. The van der Waals surface area contributed by atoms with Gasteiger partial charge in [-0.1, -0.05) is 13.8 Å². The molecule has 0 spiro atoms. The molecule has 1 amide bonds. The van der Waals surface area contributed by atoms with E-state index in [0.29, 0.717) is 0 Å². The number of carbonyl (C=O) groups excluding carboxylic acids is 2. The van der Waals surface area contributed by atoms with Crippen molar-refractivity contribution < 1.29 is 24.2 Å². The van der Waals surface area contributed by atoms with Gasteiger partial charge in [-0.25, -0.2) is 0 Å². The van der Waals surface area contributed by atoms with Gasteiger partial charge in [-0.15, -0.1) is 0 Å². The van der Waals surface area contributed by atoms with Crippen LogP contribution in [0, 0.1) is 5.92 Å². The maximum absolute atomic E-state index is 11.3. The van der Waals surface area contributed by atoms with Gasteiger partial charge in [0.25, 0.3) is 0 Å². The Labute approximate surface area is 94.0 Å². The molecular formula is C10H17NO5. The molecule has 0 aliphatic rings. The van der Waals surface area contributed by atoms with E-state index in [-0.39, 0.29) is 25.0 Å². The smallest absolute Gasteiger partial charge is 0.317 e. The minimum Gasteiger partial charge on any atom is -0.481 e. The summed E-state index contributed by atoms with van der Waals surface area (Å²) in [5, 5.41) is 10.8. The molecule has 0 aliphatic carbocycles. The Morgan fingerprint density at radius 3 is 2.50 bits per heavy atom. The molecule has 0 aromatic heterocycles. The highest BCUT2D eigenvalue weighted by Gasteiger charge is 2.11. The number of ether oxygens (including phenoxy) is 1. The molecule has 0 fully saturated rings. The first-order valence-electron chi connectivity index (χ1n) is 5.12. The van der Waals surface area contributed by atoms with E-state index >= 15 is 0 Å². The predicted octanol–water partition coefficient (Wildman–Crippen LogP) is 0.167. The molecule has 0 bridgehead atoms. The molecule has 0 radical (unpaired) electrons. The summed E-state index contributed by atoms with van der Waals surface area (Å²) >= 11 is 0. The van der Waals surface area contributed by atoms with Crippen LogP contribution < -0.4 is 5.32 Å². The molecule has 1 unspecified atom stereocenters. The van der Waals surface area contributed by atoms with Crippen LogP contribution in [-0.2, 0) is 19.1 Å². The zero-order chi connectivity index (χ0) is 12.6. The van der Waals surface area contributed by atoms with Crippen molar-refractivity contribution in [3.8, 4) is 0 Å². The first-order valence-corrected chi connectivity index (χ1v) is 5.12. The zero-order valence-corrected chi connectivity index (χ0v) is 9.49. The summed E-state index contributed by atoms with van der Waals surface area (Å²) < 4.78 is 4.58. The van der Waals surface area contributed by atoms with Gasteiger partial charge in [0.15, 0.2) is 0 Å². The van der Waals surface area contributed by atoms with E-state index in [4.69, 9.17) is 5.11 Å². The molecule has 6 heteroatoms. The molecule has 0 aromatic carbocycles. The largest absolute Gasteiger partial charge is 0.481 e. The number of carbonyl (C=O) groups is 3. The Bertz CT molecular complexity index is 264. The Balaban J connectivity index is 3.57. The summed E-state index contributed by atoms with van der Waals surface area (Å²) in [7, 11) is 0. The second-order valence-electron chi connectivity index (χ2n) is 3.39. The summed E-state index contributed by atoms with van der Waals surface area (Å²) in [6, 6.07) is 0. The maximum Gasteiger partial charge on any atom is 0.317 e. The molecule has 0 saturated heterocycles. The Morgan fingerprint density at radius 2 is 2.00 bits per heavy atom. The molecule has 0 rings (SSSR count). The fourth-order valence-electron chi connectivity index (χ4n) is 0.873. The van der Waals surface area contributed by atoms with Crippen molar-refractivity contribution in [1.29, 1.82) is 0 Å². The van der Waals surface area contributed by atoms with E-state index in [1.807, 2.05) is 6.92 Å². The van der Waals surface area contributed by atoms with Crippen LogP contribution >= 0.6 is 0 Å². The average molecular weight is 231 g/mol. The molecule has 2 N–H and O–H groups in total. The first kappa shape index (κ1) is 14.4. The van der Waals surface area contributed by atoms with Gasteiger partial charge in [-0.3, -0.25) is 14.4 Å². The lowest BCUT2D eigenvalue weighted by Crippen LogP contribution is -2.32. The van der Waals surface area contributed by atoms with Crippen LogP contribution in [0.2, 0.25) is 0 Å². The minimum atomic E-state index is -1.23. The molecular weight excluding hydrogens is 214 g/mol. The van der Waals surface area contributed by atoms with E-state index < -0.39 is 18.4 Å². The van der Waals surface area contributed by atoms with Crippen molar-refractivity contribution in [3.63, 3.8) is 0 Å². The molecule has 16 heavy (non-hydrogen) atoms. The lowest BCUT2D eigenvalue weighted by molar-refractivity contribution is -0.151. The number of amides is 1. The lowest BCUT2D eigenvalue weighted by atomic mass is 10.1. The second-order valence-corrected chi connectivity index (χ2v) is 3.39. The van der Waals surface area contributed by atoms with Crippen molar-refractivity contribution in [3.05, 3.63) is 0 Å². The highest BCUT2D eigenvalue weighted by molar-refractivity contribution is 5.90. The summed E-state index contributed by atoms with van der Waals surface area (Å²) in [5.74, 6) is -2.20. The van der Waals surface area contributed by atoms with Crippen LogP contribution in [0.4, 0.5) is 0 Å². The van der Waals surface area contributed by atoms with Crippen LogP contribution in [0.15, 0.2) is 0 Å². The van der Waals surface area contributed by atoms with Crippen molar-refractivity contribution in [2.45, 2.75) is 26.7 Å². The molecule has 0 aromatic rings. The van der Waals surface area contributed by atoms with Crippen molar-refractivity contribution >= 4 is 17.8 Å². The van der Waals surface area contributed by atoms with Gasteiger partial charge in [0.05, 0.1) is 6.54 Å². The van der Waals surface area contributed by atoms with Crippen LogP contribution in [0.1, 0.15) is 26.7 Å². The molecule has 0 aliphatic heterocycles. The van der Waals surface area contributed by atoms with Crippen molar-refractivity contribution in [2.75, 3.05) is 13.2 Å². The SMILES string of the molecule is CCC(C)C(=O)NCCOC(=O)CC(=O)O. The summed E-state index contributed by atoms with van der Waals surface area (Å²) in [6.45, 7) is 3.89. The minimum absolute atomic E-state index is 0.00567. The normalized spacial score (nSPS) is 11.6. The van der Waals surface area contributed by atoms with E-state index in [2.05, 4.69) is 10.1 Å². The van der Waals surface area contributed by atoms with Gasteiger partial charge in [0, 0.05) is 5.92 Å². The fraction of sp³-hybridized carbons (Fsp3) is 0.700. The molecule has 0 heterocycles. The van der Waals surface area contributed by atoms with E-state index in [1.54, 1.807) is 6.92 Å². The average Bonchev–Trinajstić information content (AvgIpc) is 2.21. The number of carboxylic acid groups (broad SMARTS) is 1. The first-order chi connectivity index (χ1) is 7.47. The van der Waals surface area contributed by atoms with Crippen LogP contribution in [-0.4, -0.2) is 36.1 Å². The third kappa shape index (κ3) is 6.80. The second kappa shape index (κ2) is 7.67. The Hall–Kier alpha value is -1.59. The van der Waals surface area contributed by atoms with E-state index in [9.17, 15) is 14.4 Å². The number of hydrogen-bond acceptors (Lipinski definition) is 4. The molecule has 0 saturated carbocycles. The topological polar surface area (TPSA) is 92.7 Å². The standard InChI is InChI=1S/C10H17NO5/c1-3-7(2)10(15)11-4-5-16-9(14)6-8(12)13/h7H,3-6H2,1-2H3,(H,11,15)(H,12,13). The summed E-state index contributed by atoms with van der Waals surface area (Å²) in [5.41, 5.74) is 0. The number of esters is 1. The van der Waals surface area contributed by atoms with Gasteiger partial charge >= 0.3 is 11.9 Å². The van der Waals surface area contributed by atoms with Crippen LogP contribution in [0.3, 0.4) is 0 Å². The summed E-state index contributed by atoms with van der Waals surface area (Å²) in [4.78, 5) is 32.1. The van der Waals surface area contributed by atoms with Crippen LogP contribution in [0.25, 0.3) is 0 Å². The van der Waals surface area contributed by atoms with Gasteiger partial charge in [-0.05, 0) is 6.42 Å². The number of hydrogen-bond donors (Lipinski definition) is 2. The zero-order valence-electron chi connectivity index (χ0n) is 9.49. The molecule has 92 valence electrons. The van der Waals surface area contributed by atoms with Crippen molar-refractivity contribution in [2.24, 2.45) is 5.92 Å². The fourth-order valence-corrected chi connectivity index (χ4v) is 0.873.